The topological polar surface area (TPSA) is 68.0 Å². The van der Waals surface area contributed by atoms with E-state index in [1.165, 1.54) is 6.39 Å². The largest absolute Gasteiger partial charge is 0.438 e. The normalized spacial score (nSPS) is 23.5. The molecular formula is C18H29N3O4. The average molecular weight is 351 g/mol. The minimum absolute atomic E-state index is 0.0347. The molecule has 1 aromatic rings. The van der Waals surface area contributed by atoms with Crippen molar-refractivity contribution in [2.75, 3.05) is 53.6 Å². The zero-order valence-corrected chi connectivity index (χ0v) is 15.5. The van der Waals surface area contributed by atoms with E-state index in [-0.39, 0.29) is 11.3 Å². The number of piperidine rings is 1. The van der Waals surface area contributed by atoms with E-state index >= 15 is 0 Å². The molecule has 1 unspecified atom stereocenters. The number of likely N-dealkylation sites (tertiary alicyclic amines) is 2. The van der Waals surface area contributed by atoms with Crippen molar-refractivity contribution in [2.24, 2.45) is 5.41 Å². The van der Waals surface area contributed by atoms with Crippen LogP contribution in [0.2, 0.25) is 0 Å². The Morgan fingerprint density at radius 1 is 1.36 bits per heavy atom. The summed E-state index contributed by atoms with van der Waals surface area (Å²) in [6, 6.07) is 0.443. The number of carbonyl (C=O) groups excluding carboxylic acids is 1. The van der Waals surface area contributed by atoms with Crippen molar-refractivity contribution >= 4 is 5.91 Å². The lowest BCUT2D eigenvalue weighted by Crippen LogP contribution is -2.44. The van der Waals surface area contributed by atoms with E-state index in [0.717, 1.165) is 58.7 Å². The molecule has 140 valence electrons. The predicted octanol–water partition coefficient (Wildman–Crippen LogP) is 1.57. The smallest absolute Gasteiger partial charge is 0.291 e. The molecule has 3 heterocycles. The third-order valence-corrected chi connectivity index (χ3v) is 5.72. The van der Waals surface area contributed by atoms with Crippen molar-refractivity contribution in [3.8, 4) is 0 Å². The van der Waals surface area contributed by atoms with Crippen molar-refractivity contribution in [1.82, 2.24) is 14.8 Å². The van der Waals surface area contributed by atoms with Gasteiger partial charge in [-0.25, -0.2) is 4.98 Å². The van der Waals surface area contributed by atoms with Crippen molar-refractivity contribution in [1.29, 1.82) is 0 Å². The maximum Gasteiger partial charge on any atom is 0.291 e. The van der Waals surface area contributed by atoms with Crippen molar-refractivity contribution < 1.29 is 18.7 Å². The molecule has 0 N–H and O–H groups in total. The van der Waals surface area contributed by atoms with Crippen molar-refractivity contribution in [2.45, 2.75) is 32.2 Å². The molecule has 1 atom stereocenters. The summed E-state index contributed by atoms with van der Waals surface area (Å²) in [5, 5.41) is 0. The Balaban J connectivity index is 1.60. The Morgan fingerprint density at radius 2 is 2.12 bits per heavy atom. The predicted molar refractivity (Wildman–Crippen MR) is 92.5 cm³/mol. The molecule has 2 saturated heterocycles. The highest BCUT2D eigenvalue weighted by molar-refractivity contribution is 5.92. The number of aryl methyl sites for hydroxylation is 1. The second-order valence-electron chi connectivity index (χ2n) is 7.34. The number of ether oxygens (including phenoxy) is 2. The van der Waals surface area contributed by atoms with E-state index in [4.69, 9.17) is 13.9 Å². The van der Waals surface area contributed by atoms with Gasteiger partial charge in [-0.3, -0.25) is 9.69 Å². The van der Waals surface area contributed by atoms with Crippen molar-refractivity contribution in [3.63, 3.8) is 0 Å². The second-order valence-corrected chi connectivity index (χ2v) is 7.34. The maximum atomic E-state index is 12.6. The van der Waals surface area contributed by atoms with Crippen molar-refractivity contribution in [3.05, 3.63) is 17.8 Å². The summed E-state index contributed by atoms with van der Waals surface area (Å²) >= 11 is 0. The van der Waals surface area contributed by atoms with Crippen LogP contribution in [-0.4, -0.2) is 80.3 Å². The van der Waals surface area contributed by atoms with Crippen LogP contribution in [0.25, 0.3) is 0 Å². The molecule has 0 aromatic carbocycles. The monoisotopic (exact) mass is 351 g/mol. The van der Waals surface area contributed by atoms with Gasteiger partial charge in [0.25, 0.3) is 5.91 Å². The number of amides is 1. The summed E-state index contributed by atoms with van der Waals surface area (Å²) < 4.78 is 15.9. The van der Waals surface area contributed by atoms with Gasteiger partial charge in [0.15, 0.2) is 6.39 Å². The number of hydrogen-bond acceptors (Lipinski definition) is 6. The average Bonchev–Trinajstić information content (AvgIpc) is 3.18. The van der Waals surface area contributed by atoms with E-state index in [1.807, 2.05) is 11.8 Å². The Hall–Kier alpha value is -1.44. The quantitative estimate of drug-likeness (QED) is 0.775. The van der Waals surface area contributed by atoms with Gasteiger partial charge in [0.2, 0.25) is 5.76 Å². The Morgan fingerprint density at radius 3 is 2.72 bits per heavy atom. The first-order chi connectivity index (χ1) is 12.1. The minimum Gasteiger partial charge on any atom is -0.438 e. The third kappa shape index (κ3) is 3.88. The minimum atomic E-state index is -0.0347. The Bertz CT molecular complexity index is 581. The fourth-order valence-corrected chi connectivity index (χ4v) is 4.28. The summed E-state index contributed by atoms with van der Waals surface area (Å²) in [4.78, 5) is 21.0. The molecule has 7 heteroatoms. The molecule has 2 aliphatic rings. The van der Waals surface area contributed by atoms with Crippen LogP contribution in [0.1, 0.15) is 35.5 Å². The first kappa shape index (κ1) is 18.4. The molecule has 0 saturated carbocycles. The van der Waals surface area contributed by atoms with E-state index in [0.29, 0.717) is 17.5 Å². The molecule has 25 heavy (non-hydrogen) atoms. The summed E-state index contributed by atoms with van der Waals surface area (Å²) in [6.45, 7) is 6.85. The van der Waals surface area contributed by atoms with Crippen LogP contribution in [0, 0.1) is 12.3 Å². The molecule has 0 aliphatic carbocycles. The highest BCUT2D eigenvalue weighted by Gasteiger charge is 2.46. The Kier molecular flexibility index (Phi) is 5.76. The number of oxazole rings is 1. The lowest BCUT2D eigenvalue weighted by atomic mass is 9.76. The SMILES string of the molecule is COCCN1CC2(CCN(C(=O)c3ocnc3C)CC2)CC1COC. The van der Waals surface area contributed by atoms with Gasteiger partial charge in [0, 0.05) is 46.4 Å². The van der Waals surface area contributed by atoms with E-state index in [1.54, 1.807) is 14.2 Å². The van der Waals surface area contributed by atoms with Gasteiger partial charge in [0.1, 0.15) is 0 Å². The number of hydrogen-bond donors (Lipinski definition) is 0. The van der Waals surface area contributed by atoms with Crippen LogP contribution < -0.4 is 0 Å². The number of rotatable bonds is 6. The van der Waals surface area contributed by atoms with Crippen LogP contribution in [-0.2, 0) is 9.47 Å². The third-order valence-electron chi connectivity index (χ3n) is 5.72. The summed E-state index contributed by atoms with van der Waals surface area (Å²) in [7, 11) is 3.51. The molecule has 2 fully saturated rings. The summed E-state index contributed by atoms with van der Waals surface area (Å²) in [6.07, 6.45) is 4.52. The maximum absolute atomic E-state index is 12.6. The van der Waals surface area contributed by atoms with Gasteiger partial charge in [-0.15, -0.1) is 0 Å². The molecule has 1 amide bonds. The summed E-state index contributed by atoms with van der Waals surface area (Å²) in [5.41, 5.74) is 0.946. The molecule has 1 aromatic heterocycles. The number of carbonyl (C=O) groups is 1. The first-order valence-electron chi connectivity index (χ1n) is 9.00. The molecule has 3 rings (SSSR count). The number of methoxy groups -OCH3 is 2. The van der Waals surface area contributed by atoms with Crippen LogP contribution in [0.15, 0.2) is 10.8 Å². The number of nitrogens with zero attached hydrogens (tertiary/aromatic N) is 3. The van der Waals surface area contributed by atoms with Crippen LogP contribution in [0.3, 0.4) is 0 Å². The molecule has 2 aliphatic heterocycles. The van der Waals surface area contributed by atoms with Gasteiger partial charge >= 0.3 is 0 Å². The van der Waals surface area contributed by atoms with Gasteiger partial charge in [-0.2, -0.15) is 0 Å². The molecule has 1 spiro atoms. The van der Waals surface area contributed by atoms with Gasteiger partial charge in [-0.05, 0) is 31.6 Å². The van der Waals surface area contributed by atoms with Crippen LogP contribution in [0.5, 0.6) is 0 Å². The summed E-state index contributed by atoms with van der Waals surface area (Å²) in [5.74, 6) is 0.342. The van der Waals surface area contributed by atoms with Crippen LogP contribution >= 0.6 is 0 Å². The zero-order chi connectivity index (χ0) is 17.9. The van der Waals surface area contributed by atoms with E-state index in [9.17, 15) is 4.79 Å². The first-order valence-corrected chi connectivity index (χ1v) is 9.00. The fraction of sp³-hybridized carbons (Fsp3) is 0.778. The standard InChI is InChI=1S/C18H29N3O4/c1-14-16(25-13-19-14)17(22)20-6-4-18(5-7-20)10-15(11-24-3)21(12-18)8-9-23-2/h13,15H,4-12H2,1-3H3. The van der Waals surface area contributed by atoms with E-state index < -0.39 is 0 Å². The highest BCUT2D eigenvalue weighted by atomic mass is 16.5. The molecular weight excluding hydrogens is 322 g/mol. The highest BCUT2D eigenvalue weighted by Crippen LogP contribution is 2.43. The van der Waals surface area contributed by atoms with Crippen LogP contribution in [0.4, 0.5) is 0 Å². The lowest BCUT2D eigenvalue weighted by molar-refractivity contribution is 0.0552. The second kappa shape index (κ2) is 7.85. The molecule has 0 bridgehead atoms. The fourth-order valence-electron chi connectivity index (χ4n) is 4.28. The zero-order valence-electron chi connectivity index (χ0n) is 15.5. The van der Waals surface area contributed by atoms with Gasteiger partial charge in [0.05, 0.1) is 18.9 Å². The molecule has 0 radical (unpaired) electrons. The Labute approximate surface area is 149 Å². The molecule has 7 nitrogen and oxygen atoms in total. The van der Waals surface area contributed by atoms with E-state index in [2.05, 4.69) is 9.88 Å². The number of aromatic nitrogens is 1. The lowest BCUT2D eigenvalue weighted by Gasteiger charge is -2.39. The van der Waals surface area contributed by atoms with Gasteiger partial charge < -0.3 is 18.8 Å². The van der Waals surface area contributed by atoms with Gasteiger partial charge in [-0.1, -0.05) is 0 Å².